The second-order valence-electron chi connectivity index (χ2n) is 5.77. The van der Waals surface area contributed by atoms with Crippen LogP contribution in [0.4, 0.5) is 4.79 Å². The van der Waals surface area contributed by atoms with E-state index in [1.807, 2.05) is 19.1 Å². The summed E-state index contributed by atoms with van der Waals surface area (Å²) in [6.07, 6.45) is 3.16. The van der Waals surface area contributed by atoms with Gasteiger partial charge >= 0.3 is 6.03 Å². The van der Waals surface area contributed by atoms with Gasteiger partial charge < -0.3 is 20.1 Å². The Morgan fingerprint density at radius 2 is 2.23 bits per heavy atom. The second kappa shape index (κ2) is 8.03. The van der Waals surface area contributed by atoms with Crippen molar-refractivity contribution in [3.05, 3.63) is 29.3 Å². The number of urea groups is 1. The summed E-state index contributed by atoms with van der Waals surface area (Å²) in [5.41, 5.74) is 2.18. The minimum absolute atomic E-state index is 0.0175. The van der Waals surface area contributed by atoms with Crippen molar-refractivity contribution in [3.8, 4) is 5.75 Å². The summed E-state index contributed by atoms with van der Waals surface area (Å²) in [7, 11) is 0. The zero-order valence-corrected chi connectivity index (χ0v) is 13.5. The number of aliphatic hydroxyl groups is 1. The van der Waals surface area contributed by atoms with Gasteiger partial charge in [0, 0.05) is 18.7 Å². The van der Waals surface area contributed by atoms with E-state index in [4.69, 9.17) is 9.84 Å². The van der Waals surface area contributed by atoms with Crippen LogP contribution in [-0.2, 0) is 0 Å². The number of benzene rings is 1. The minimum Gasteiger partial charge on any atom is -0.491 e. The summed E-state index contributed by atoms with van der Waals surface area (Å²) >= 11 is 0. The van der Waals surface area contributed by atoms with Crippen LogP contribution >= 0.6 is 0 Å². The summed E-state index contributed by atoms with van der Waals surface area (Å²) in [6, 6.07) is 5.76. The van der Waals surface area contributed by atoms with Gasteiger partial charge in [0.1, 0.15) is 12.4 Å². The maximum Gasteiger partial charge on any atom is 0.318 e. The first-order chi connectivity index (χ1) is 10.7. The van der Waals surface area contributed by atoms with Gasteiger partial charge in [-0.2, -0.15) is 0 Å². The van der Waals surface area contributed by atoms with Crippen LogP contribution in [0.3, 0.4) is 0 Å². The standard InChI is InChI=1S/C17H26N2O3/c1-3-4-5-8-19(9-10-20)17(21)18-15-12-22-16-7-6-13(2)11-14(15)16/h6-7,11,15,20H,3-5,8-10,12H2,1-2H3,(H,18,21). The number of fused-ring (bicyclic) bond motifs is 1. The lowest BCUT2D eigenvalue weighted by molar-refractivity contribution is 0.170. The zero-order valence-electron chi connectivity index (χ0n) is 13.5. The molecule has 5 nitrogen and oxygen atoms in total. The Bertz CT molecular complexity index is 505. The largest absolute Gasteiger partial charge is 0.491 e. The van der Waals surface area contributed by atoms with Crippen molar-refractivity contribution in [2.24, 2.45) is 0 Å². The van der Waals surface area contributed by atoms with Crippen LogP contribution in [0.15, 0.2) is 18.2 Å². The predicted molar refractivity (Wildman–Crippen MR) is 86.1 cm³/mol. The van der Waals surface area contributed by atoms with Gasteiger partial charge in [-0.25, -0.2) is 4.79 Å². The smallest absolute Gasteiger partial charge is 0.318 e. The molecule has 0 spiro atoms. The number of ether oxygens (including phenoxy) is 1. The summed E-state index contributed by atoms with van der Waals surface area (Å²) in [5.74, 6) is 0.843. The first kappa shape index (κ1) is 16.6. The fraction of sp³-hybridized carbons (Fsp3) is 0.588. The van der Waals surface area contributed by atoms with Gasteiger partial charge in [-0.3, -0.25) is 0 Å². The zero-order chi connectivity index (χ0) is 15.9. The molecule has 1 atom stereocenters. The van der Waals surface area contributed by atoms with Crippen molar-refractivity contribution in [1.29, 1.82) is 0 Å². The summed E-state index contributed by atoms with van der Waals surface area (Å²) in [5, 5.41) is 12.2. The number of amides is 2. The van der Waals surface area contributed by atoms with Crippen molar-refractivity contribution in [1.82, 2.24) is 10.2 Å². The van der Waals surface area contributed by atoms with Crippen LogP contribution in [0.25, 0.3) is 0 Å². The molecule has 0 saturated heterocycles. The van der Waals surface area contributed by atoms with E-state index in [2.05, 4.69) is 18.3 Å². The molecule has 0 saturated carbocycles. The van der Waals surface area contributed by atoms with E-state index in [1.165, 1.54) is 0 Å². The van der Waals surface area contributed by atoms with Gasteiger partial charge in [0.15, 0.2) is 0 Å². The highest BCUT2D eigenvalue weighted by molar-refractivity contribution is 5.75. The quantitative estimate of drug-likeness (QED) is 0.761. The molecule has 0 aromatic heterocycles. The normalized spacial score (nSPS) is 16.0. The Hall–Kier alpha value is -1.75. The van der Waals surface area contributed by atoms with Gasteiger partial charge in [-0.15, -0.1) is 0 Å². The molecule has 1 unspecified atom stereocenters. The van der Waals surface area contributed by atoms with E-state index in [0.717, 1.165) is 36.1 Å². The third-order valence-corrected chi connectivity index (χ3v) is 3.93. The Morgan fingerprint density at radius 3 is 2.95 bits per heavy atom. The number of aliphatic hydroxyl groups excluding tert-OH is 1. The molecule has 1 aliphatic rings. The number of carbonyl (C=O) groups excluding carboxylic acids is 1. The lowest BCUT2D eigenvalue weighted by Crippen LogP contribution is -2.43. The lowest BCUT2D eigenvalue weighted by atomic mass is 10.1. The van der Waals surface area contributed by atoms with Crippen LogP contribution in [-0.4, -0.2) is 42.3 Å². The molecule has 0 radical (unpaired) electrons. The molecule has 1 aromatic rings. The molecule has 22 heavy (non-hydrogen) atoms. The number of unbranched alkanes of at least 4 members (excludes halogenated alkanes) is 2. The van der Waals surface area contributed by atoms with Crippen LogP contribution in [0.1, 0.15) is 43.4 Å². The maximum absolute atomic E-state index is 12.4. The van der Waals surface area contributed by atoms with E-state index >= 15 is 0 Å². The molecule has 2 rings (SSSR count). The molecule has 0 fully saturated rings. The minimum atomic E-state index is -0.131. The molecule has 122 valence electrons. The first-order valence-corrected chi connectivity index (χ1v) is 8.05. The third kappa shape index (κ3) is 4.13. The van der Waals surface area contributed by atoms with E-state index in [9.17, 15) is 4.79 Å². The van der Waals surface area contributed by atoms with Gasteiger partial charge in [-0.05, 0) is 19.4 Å². The third-order valence-electron chi connectivity index (χ3n) is 3.93. The van der Waals surface area contributed by atoms with Gasteiger partial charge in [0.2, 0.25) is 0 Å². The van der Waals surface area contributed by atoms with E-state index in [0.29, 0.717) is 19.7 Å². The molecular formula is C17H26N2O3. The van der Waals surface area contributed by atoms with Crippen molar-refractivity contribution < 1.29 is 14.6 Å². The van der Waals surface area contributed by atoms with Crippen molar-refractivity contribution >= 4 is 6.03 Å². The molecule has 1 aromatic carbocycles. The Labute approximate surface area is 132 Å². The number of nitrogens with zero attached hydrogens (tertiary/aromatic N) is 1. The fourth-order valence-corrected chi connectivity index (χ4v) is 2.68. The van der Waals surface area contributed by atoms with Crippen molar-refractivity contribution in [2.45, 2.75) is 39.2 Å². The molecular weight excluding hydrogens is 280 g/mol. The Balaban J connectivity index is 1.97. The van der Waals surface area contributed by atoms with Crippen molar-refractivity contribution in [3.63, 3.8) is 0 Å². The van der Waals surface area contributed by atoms with Crippen LogP contribution in [0.2, 0.25) is 0 Å². The summed E-state index contributed by atoms with van der Waals surface area (Å²) in [6.45, 7) is 5.65. The Morgan fingerprint density at radius 1 is 1.41 bits per heavy atom. The molecule has 0 aliphatic carbocycles. The van der Waals surface area contributed by atoms with Crippen LogP contribution in [0, 0.1) is 6.92 Å². The topological polar surface area (TPSA) is 61.8 Å². The molecule has 5 heteroatoms. The highest BCUT2D eigenvalue weighted by atomic mass is 16.5. The number of rotatable bonds is 7. The average molecular weight is 306 g/mol. The number of hydrogen-bond acceptors (Lipinski definition) is 3. The van der Waals surface area contributed by atoms with Crippen LogP contribution in [0.5, 0.6) is 5.75 Å². The number of nitrogens with one attached hydrogen (secondary N) is 1. The number of carbonyl (C=O) groups is 1. The van der Waals surface area contributed by atoms with E-state index < -0.39 is 0 Å². The fourth-order valence-electron chi connectivity index (χ4n) is 2.68. The highest BCUT2D eigenvalue weighted by Crippen LogP contribution is 2.32. The number of aryl methyl sites for hydroxylation is 1. The monoisotopic (exact) mass is 306 g/mol. The van der Waals surface area contributed by atoms with Gasteiger partial charge in [0.05, 0.1) is 12.6 Å². The lowest BCUT2D eigenvalue weighted by Gasteiger charge is -2.24. The molecule has 2 amide bonds. The SMILES string of the molecule is CCCCCN(CCO)C(=O)NC1COc2ccc(C)cc21. The van der Waals surface area contributed by atoms with Crippen LogP contribution < -0.4 is 10.1 Å². The van der Waals surface area contributed by atoms with E-state index in [1.54, 1.807) is 4.90 Å². The summed E-state index contributed by atoms with van der Waals surface area (Å²) in [4.78, 5) is 14.1. The molecule has 1 aliphatic heterocycles. The maximum atomic E-state index is 12.4. The molecule has 0 bridgehead atoms. The molecule has 2 N–H and O–H groups in total. The van der Waals surface area contributed by atoms with Gasteiger partial charge in [0.25, 0.3) is 0 Å². The Kier molecular flexibility index (Phi) is 6.07. The molecule has 1 heterocycles. The van der Waals surface area contributed by atoms with Gasteiger partial charge in [-0.1, -0.05) is 37.5 Å². The predicted octanol–water partition coefficient (Wildman–Crippen LogP) is 2.62. The second-order valence-corrected chi connectivity index (χ2v) is 5.77. The average Bonchev–Trinajstić information content (AvgIpc) is 2.89. The van der Waals surface area contributed by atoms with E-state index in [-0.39, 0.29) is 18.7 Å². The summed E-state index contributed by atoms with van der Waals surface area (Å²) < 4.78 is 5.62. The number of hydrogen-bond donors (Lipinski definition) is 2. The van der Waals surface area contributed by atoms with Crippen molar-refractivity contribution in [2.75, 3.05) is 26.3 Å². The highest BCUT2D eigenvalue weighted by Gasteiger charge is 2.27. The first-order valence-electron chi connectivity index (χ1n) is 8.05.